The number of hydrogen-bond acceptors (Lipinski definition) is 9. The number of rotatable bonds is 4. The number of ether oxygens (including phenoxy) is 1. The molecule has 1 saturated heterocycles. The molecule has 5 atom stereocenters. The third-order valence-electron chi connectivity index (χ3n) is 2.82. The molecule has 1 aliphatic rings. The summed E-state index contributed by atoms with van der Waals surface area (Å²) < 4.78 is 20.8. The van der Waals surface area contributed by atoms with E-state index in [0.717, 1.165) is 16.8 Å². The molecule has 1 unspecified atom stereocenters. The van der Waals surface area contributed by atoms with Crippen molar-refractivity contribution in [3.05, 3.63) is 22.7 Å². The summed E-state index contributed by atoms with van der Waals surface area (Å²) in [6, 6.07) is 0.935. The van der Waals surface area contributed by atoms with Crippen LogP contribution in [0.5, 0.6) is 5.88 Å². The molecule has 1 aromatic rings. The molecule has 1 fully saturated rings. The standard InChI is InChI=1S/C9H13N2O9P.Ca/c12-3-4-7(20-21(16,17)18)6(14)8(19-4)11-2-1-5(13)10-9(11)15;/h1-2,4,6-8,12,14H,3H2,(H,10,13,15)(H2,16,17,18);/q;+2/p-2/t4-,6-,7-,8-;/m1./s1. The summed E-state index contributed by atoms with van der Waals surface area (Å²) >= 11 is 0. The predicted octanol–water partition coefficient (Wildman–Crippen LogP) is -3.97. The second-order valence-electron chi connectivity index (χ2n) is 4.23. The van der Waals surface area contributed by atoms with Crippen molar-refractivity contribution in [3.8, 4) is 5.88 Å². The van der Waals surface area contributed by atoms with E-state index >= 15 is 0 Å². The Balaban J connectivity index is 0.00000242. The molecule has 2 rings (SSSR count). The van der Waals surface area contributed by atoms with Gasteiger partial charge in [-0.2, -0.15) is 0 Å². The van der Waals surface area contributed by atoms with Crippen molar-refractivity contribution in [1.82, 2.24) is 9.55 Å². The third kappa shape index (κ3) is 4.48. The first-order chi connectivity index (χ1) is 9.73. The van der Waals surface area contributed by atoms with E-state index in [-0.39, 0.29) is 37.7 Å². The Hall–Kier alpha value is -0.0703. The fourth-order valence-electron chi connectivity index (χ4n) is 1.97. The van der Waals surface area contributed by atoms with Crippen LogP contribution >= 0.6 is 7.82 Å². The predicted molar refractivity (Wildman–Crippen MR) is 65.4 cm³/mol. The monoisotopic (exact) mass is 362 g/mol. The van der Waals surface area contributed by atoms with Crippen LogP contribution in [0.1, 0.15) is 6.23 Å². The molecule has 0 radical (unpaired) electrons. The smallest absolute Gasteiger partial charge is 0.858 e. The van der Waals surface area contributed by atoms with Gasteiger partial charge >= 0.3 is 43.4 Å². The second kappa shape index (κ2) is 7.67. The average molecular weight is 362 g/mol. The Labute approximate surface area is 153 Å². The van der Waals surface area contributed by atoms with Gasteiger partial charge in [0.15, 0.2) is 6.23 Å². The van der Waals surface area contributed by atoms with Crippen LogP contribution in [0, 0.1) is 0 Å². The molecular weight excluding hydrogens is 351 g/mol. The van der Waals surface area contributed by atoms with Crippen LogP contribution < -0.4 is 15.7 Å². The molecule has 118 valence electrons. The number of aliphatic hydroxyl groups is 2. The van der Waals surface area contributed by atoms with Crippen molar-refractivity contribution in [3.63, 3.8) is 0 Å². The summed E-state index contributed by atoms with van der Waals surface area (Å²) in [5, 5.41) is 30.0. The van der Waals surface area contributed by atoms with Gasteiger partial charge in [-0.05, 0) is 11.9 Å². The van der Waals surface area contributed by atoms with Crippen molar-refractivity contribution in [2.24, 2.45) is 0 Å². The molecule has 13 heteroatoms. The minimum Gasteiger partial charge on any atom is -0.858 e. The normalized spacial score (nSPS) is 30.5. The van der Waals surface area contributed by atoms with Crippen molar-refractivity contribution in [2.75, 3.05) is 6.61 Å². The van der Waals surface area contributed by atoms with Crippen LogP contribution in [0.15, 0.2) is 17.1 Å². The maximum Gasteiger partial charge on any atom is 2.00 e. The van der Waals surface area contributed by atoms with Gasteiger partial charge in [0.1, 0.15) is 18.3 Å². The first kappa shape index (κ1) is 20.0. The molecule has 0 aliphatic carbocycles. The van der Waals surface area contributed by atoms with E-state index in [1.165, 1.54) is 0 Å². The third-order valence-corrected chi connectivity index (χ3v) is 3.33. The molecule has 1 aliphatic heterocycles. The number of nitrogens with zero attached hydrogens (tertiary/aromatic N) is 2. The SMILES string of the molecule is O=c1nc([O-])ccn1[C@@H]1O[C@H](CO)[C@@H](OP(=O)([O-])O)[C@H]1O.[Ca+2]. The van der Waals surface area contributed by atoms with E-state index < -0.39 is 50.5 Å². The van der Waals surface area contributed by atoms with Crippen molar-refractivity contribution in [1.29, 1.82) is 0 Å². The Kier molecular flexibility index (Phi) is 6.96. The van der Waals surface area contributed by atoms with Crippen LogP contribution in [-0.4, -0.2) is 87.3 Å². The molecule has 0 saturated carbocycles. The molecule has 1 aromatic heterocycles. The molecule has 0 amide bonds. The number of aromatic nitrogens is 2. The summed E-state index contributed by atoms with van der Waals surface area (Å²) in [6.07, 6.45) is -5.06. The van der Waals surface area contributed by atoms with Crippen molar-refractivity contribution < 1.29 is 38.9 Å². The first-order valence-electron chi connectivity index (χ1n) is 5.65. The van der Waals surface area contributed by atoms with E-state index in [1.807, 2.05) is 0 Å². The molecular formula is C9H11CaN2O9P. The zero-order chi connectivity index (χ0) is 15.8. The van der Waals surface area contributed by atoms with Gasteiger partial charge in [-0.3, -0.25) is 9.13 Å². The van der Waals surface area contributed by atoms with Crippen LogP contribution in [0.3, 0.4) is 0 Å². The second-order valence-corrected chi connectivity index (χ2v) is 5.38. The maximum atomic E-state index is 11.6. The minimum atomic E-state index is -5.19. The zero-order valence-corrected chi connectivity index (χ0v) is 14.1. The average Bonchev–Trinajstić information content (AvgIpc) is 2.65. The van der Waals surface area contributed by atoms with Gasteiger partial charge in [-0.1, -0.05) is 0 Å². The molecule has 11 nitrogen and oxygen atoms in total. The van der Waals surface area contributed by atoms with Gasteiger partial charge in [0.2, 0.25) is 0 Å². The molecule has 2 heterocycles. The molecule has 3 N–H and O–H groups in total. The Morgan fingerprint density at radius 1 is 1.55 bits per heavy atom. The van der Waals surface area contributed by atoms with Gasteiger partial charge < -0.3 is 34.4 Å². The fraction of sp³-hybridized carbons (Fsp3) is 0.556. The van der Waals surface area contributed by atoms with E-state index in [9.17, 15) is 24.5 Å². The molecule has 0 bridgehead atoms. The van der Waals surface area contributed by atoms with Crippen LogP contribution in [0.4, 0.5) is 0 Å². The maximum absolute atomic E-state index is 11.6. The van der Waals surface area contributed by atoms with Gasteiger partial charge in [-0.15, -0.1) is 0 Å². The quantitative estimate of drug-likeness (QED) is 0.353. The summed E-state index contributed by atoms with van der Waals surface area (Å²) in [7, 11) is -5.19. The van der Waals surface area contributed by atoms with E-state index in [4.69, 9.17) is 14.7 Å². The summed E-state index contributed by atoms with van der Waals surface area (Å²) in [5.41, 5.74) is -1.03. The van der Waals surface area contributed by atoms with Gasteiger partial charge in [0.05, 0.1) is 6.61 Å². The number of hydrogen-bond donors (Lipinski definition) is 3. The van der Waals surface area contributed by atoms with E-state index in [0.29, 0.717) is 0 Å². The Morgan fingerprint density at radius 3 is 2.68 bits per heavy atom. The van der Waals surface area contributed by atoms with E-state index in [2.05, 4.69) is 9.51 Å². The Morgan fingerprint density at radius 2 is 2.18 bits per heavy atom. The van der Waals surface area contributed by atoms with Crippen LogP contribution in [-0.2, 0) is 13.8 Å². The molecule has 0 spiro atoms. The summed E-state index contributed by atoms with van der Waals surface area (Å²) in [6.45, 7) is -0.736. The van der Waals surface area contributed by atoms with Crippen molar-refractivity contribution >= 4 is 45.6 Å². The molecule has 0 aromatic carbocycles. The van der Waals surface area contributed by atoms with Gasteiger partial charge in [0.25, 0.3) is 7.82 Å². The number of aliphatic hydroxyl groups excluding tert-OH is 2. The zero-order valence-electron chi connectivity index (χ0n) is 11.0. The van der Waals surface area contributed by atoms with Gasteiger partial charge in [-0.25, -0.2) is 9.78 Å². The molecule has 22 heavy (non-hydrogen) atoms. The Bertz CT molecular complexity index is 619. The summed E-state index contributed by atoms with van der Waals surface area (Å²) in [4.78, 5) is 34.0. The topological polar surface area (TPSA) is 177 Å². The first-order valence-corrected chi connectivity index (χ1v) is 7.15. The number of phosphoric ester groups is 1. The summed E-state index contributed by atoms with van der Waals surface area (Å²) in [5.74, 6) is -0.797. The number of phosphoric acid groups is 1. The minimum absolute atomic E-state index is 0. The van der Waals surface area contributed by atoms with Gasteiger partial charge in [0, 0.05) is 6.20 Å². The van der Waals surface area contributed by atoms with Crippen LogP contribution in [0.2, 0.25) is 0 Å². The van der Waals surface area contributed by atoms with Crippen LogP contribution in [0.25, 0.3) is 0 Å². The fourth-order valence-corrected chi connectivity index (χ4v) is 2.54. The van der Waals surface area contributed by atoms with E-state index in [1.54, 1.807) is 0 Å². The largest absolute Gasteiger partial charge is 2.00 e. The van der Waals surface area contributed by atoms with Crippen molar-refractivity contribution in [2.45, 2.75) is 24.5 Å².